The van der Waals surface area contributed by atoms with E-state index in [9.17, 15) is 15.0 Å². The summed E-state index contributed by atoms with van der Waals surface area (Å²) in [5, 5.41) is 21.4. The van der Waals surface area contributed by atoms with Crippen LogP contribution >= 0.6 is 0 Å². The van der Waals surface area contributed by atoms with Crippen LogP contribution in [0, 0.1) is 5.92 Å². The molecule has 0 radical (unpaired) electrons. The molecule has 6 nitrogen and oxygen atoms in total. The van der Waals surface area contributed by atoms with Crippen molar-refractivity contribution in [1.29, 1.82) is 0 Å². The van der Waals surface area contributed by atoms with Crippen molar-refractivity contribution < 1.29 is 15.0 Å². The number of hydrogen-bond donors (Lipinski definition) is 3. The van der Waals surface area contributed by atoms with Crippen LogP contribution in [0.25, 0.3) is 6.08 Å². The number of aliphatic hydroxyl groups excluding tert-OH is 1. The normalized spacial score (nSPS) is 23.6. The van der Waals surface area contributed by atoms with Gasteiger partial charge in [-0.15, -0.1) is 0 Å². The molecule has 1 aromatic carbocycles. The van der Waals surface area contributed by atoms with Gasteiger partial charge in [-0.3, -0.25) is 10.1 Å². The van der Waals surface area contributed by atoms with Crippen LogP contribution in [0.15, 0.2) is 35.0 Å². The molecule has 116 valence electrons. The minimum atomic E-state index is -0.228. The predicted molar refractivity (Wildman–Crippen MR) is 83.0 cm³/mol. The maximum absolute atomic E-state index is 12.0. The van der Waals surface area contributed by atoms with Gasteiger partial charge in [-0.2, -0.15) is 0 Å². The van der Waals surface area contributed by atoms with E-state index in [0.717, 1.165) is 24.9 Å². The number of nitrogens with one attached hydrogen (secondary N) is 1. The maximum atomic E-state index is 12.0. The highest BCUT2D eigenvalue weighted by molar-refractivity contribution is 6.13. The number of aliphatic hydroxyl groups is 1. The zero-order chi connectivity index (χ0) is 15.5. The molecule has 2 aliphatic rings. The molecule has 1 aromatic rings. The molecule has 0 bridgehead atoms. The van der Waals surface area contributed by atoms with Gasteiger partial charge in [0.2, 0.25) is 5.96 Å². The Morgan fingerprint density at radius 2 is 2.14 bits per heavy atom. The summed E-state index contributed by atoms with van der Waals surface area (Å²) < 4.78 is 0. The molecule has 1 atom stereocenters. The number of benzene rings is 1. The molecular formula is C16H19N3O3. The summed E-state index contributed by atoms with van der Waals surface area (Å²) in [6, 6.07) is 6.60. The lowest BCUT2D eigenvalue weighted by molar-refractivity contribution is -0.115. The number of hydrogen-bond acceptors (Lipinski definition) is 5. The van der Waals surface area contributed by atoms with Gasteiger partial charge in [-0.1, -0.05) is 12.1 Å². The second-order valence-corrected chi connectivity index (χ2v) is 5.65. The monoisotopic (exact) mass is 301 g/mol. The van der Waals surface area contributed by atoms with Crippen molar-refractivity contribution in [3.05, 3.63) is 35.5 Å². The molecule has 1 unspecified atom stereocenters. The number of rotatable bonds is 2. The third-order valence-corrected chi connectivity index (χ3v) is 3.96. The number of aromatic hydroxyl groups is 1. The van der Waals surface area contributed by atoms with Gasteiger partial charge in [-0.25, -0.2) is 4.99 Å². The first kappa shape index (κ1) is 14.6. The van der Waals surface area contributed by atoms with Gasteiger partial charge in [0.15, 0.2) is 0 Å². The fraction of sp³-hybridized carbons (Fsp3) is 0.375. The highest BCUT2D eigenvalue weighted by Gasteiger charge is 2.28. The summed E-state index contributed by atoms with van der Waals surface area (Å²) in [4.78, 5) is 18.4. The summed E-state index contributed by atoms with van der Waals surface area (Å²) in [5.74, 6) is 0.756. The second kappa shape index (κ2) is 6.19. The molecule has 3 N–H and O–H groups in total. The van der Waals surface area contributed by atoms with Crippen LogP contribution in [0.1, 0.15) is 18.4 Å². The first-order valence-corrected chi connectivity index (χ1v) is 7.42. The number of likely N-dealkylation sites (tertiary alicyclic amines) is 1. The number of piperidine rings is 1. The second-order valence-electron chi connectivity index (χ2n) is 5.65. The van der Waals surface area contributed by atoms with Gasteiger partial charge < -0.3 is 15.1 Å². The summed E-state index contributed by atoms with van der Waals surface area (Å²) in [6.45, 7) is 1.71. The molecule has 1 amide bonds. The molecule has 2 heterocycles. The van der Waals surface area contributed by atoms with Gasteiger partial charge in [0.05, 0.1) is 0 Å². The molecule has 1 saturated heterocycles. The summed E-state index contributed by atoms with van der Waals surface area (Å²) in [7, 11) is 0. The molecule has 2 aliphatic heterocycles. The number of phenols is 1. The average molecular weight is 301 g/mol. The van der Waals surface area contributed by atoms with Crippen LogP contribution < -0.4 is 5.32 Å². The van der Waals surface area contributed by atoms with E-state index in [4.69, 9.17) is 0 Å². The van der Waals surface area contributed by atoms with Crippen molar-refractivity contribution in [1.82, 2.24) is 10.2 Å². The van der Waals surface area contributed by atoms with Crippen molar-refractivity contribution in [3.8, 4) is 5.75 Å². The quantitative estimate of drug-likeness (QED) is 0.709. The standard InChI is InChI=1S/C16H19N3O3/c20-10-12-2-1-7-19(9-12)16-17-14(15(22)18-16)8-11-3-5-13(21)6-4-11/h3-6,8,12,20-21H,1-2,7,9-10H2,(H,17,18,22)/b14-8-. The van der Waals surface area contributed by atoms with Crippen molar-refractivity contribution >= 4 is 17.9 Å². The predicted octanol–water partition coefficient (Wildman–Crippen LogP) is 0.923. The number of guanidine groups is 1. The van der Waals surface area contributed by atoms with Crippen molar-refractivity contribution in [3.63, 3.8) is 0 Å². The third-order valence-electron chi connectivity index (χ3n) is 3.96. The van der Waals surface area contributed by atoms with Crippen LogP contribution in [-0.4, -0.2) is 46.7 Å². The largest absolute Gasteiger partial charge is 0.508 e. The first-order chi connectivity index (χ1) is 10.7. The van der Waals surface area contributed by atoms with E-state index in [1.807, 2.05) is 4.90 Å². The Balaban J connectivity index is 1.77. The van der Waals surface area contributed by atoms with E-state index in [-0.39, 0.29) is 24.2 Å². The number of aliphatic imine (C=N–C) groups is 1. The van der Waals surface area contributed by atoms with Crippen molar-refractivity contribution in [2.45, 2.75) is 12.8 Å². The molecule has 3 rings (SSSR count). The summed E-state index contributed by atoms with van der Waals surface area (Å²) in [5.41, 5.74) is 1.16. The SMILES string of the molecule is O=C1NC(N2CCCC(CO)C2)=N/C1=C\c1ccc(O)cc1. The topological polar surface area (TPSA) is 85.2 Å². The molecule has 0 saturated carbocycles. The average Bonchev–Trinajstić information content (AvgIpc) is 2.91. The minimum absolute atomic E-state index is 0.161. The molecule has 0 aromatic heterocycles. The zero-order valence-electron chi connectivity index (χ0n) is 12.2. The molecular weight excluding hydrogens is 282 g/mol. The number of carbonyl (C=O) groups excluding carboxylic acids is 1. The van der Waals surface area contributed by atoms with Crippen molar-refractivity contribution in [2.24, 2.45) is 10.9 Å². The molecule has 6 heteroatoms. The fourth-order valence-electron chi connectivity index (χ4n) is 2.74. The van der Waals surface area contributed by atoms with Gasteiger partial charge in [0, 0.05) is 19.7 Å². The van der Waals surface area contributed by atoms with Gasteiger partial charge >= 0.3 is 0 Å². The lowest BCUT2D eigenvalue weighted by Crippen LogP contribution is -2.46. The number of nitrogens with zero attached hydrogens (tertiary/aromatic N) is 2. The lowest BCUT2D eigenvalue weighted by atomic mass is 9.99. The van der Waals surface area contributed by atoms with E-state index in [1.54, 1.807) is 30.3 Å². The van der Waals surface area contributed by atoms with E-state index in [1.165, 1.54) is 0 Å². The van der Waals surface area contributed by atoms with Crippen LogP contribution in [0.2, 0.25) is 0 Å². The Bertz CT molecular complexity index is 622. The number of carbonyl (C=O) groups is 1. The van der Waals surface area contributed by atoms with E-state index < -0.39 is 0 Å². The number of amides is 1. The van der Waals surface area contributed by atoms with Gasteiger partial charge in [0.25, 0.3) is 5.91 Å². The van der Waals surface area contributed by atoms with E-state index in [2.05, 4.69) is 10.3 Å². The zero-order valence-corrected chi connectivity index (χ0v) is 12.2. The Kier molecular flexibility index (Phi) is 4.11. The molecule has 22 heavy (non-hydrogen) atoms. The molecule has 0 spiro atoms. The highest BCUT2D eigenvalue weighted by Crippen LogP contribution is 2.20. The smallest absolute Gasteiger partial charge is 0.276 e. The molecule has 1 fully saturated rings. The Hall–Kier alpha value is -2.34. The van der Waals surface area contributed by atoms with Gasteiger partial charge in [0.1, 0.15) is 11.4 Å². The first-order valence-electron chi connectivity index (χ1n) is 7.42. The van der Waals surface area contributed by atoms with Crippen LogP contribution in [0.4, 0.5) is 0 Å². The van der Waals surface area contributed by atoms with E-state index in [0.29, 0.717) is 18.2 Å². The van der Waals surface area contributed by atoms with E-state index >= 15 is 0 Å². The molecule has 0 aliphatic carbocycles. The maximum Gasteiger partial charge on any atom is 0.276 e. The van der Waals surface area contributed by atoms with Crippen LogP contribution in [0.3, 0.4) is 0 Å². The Morgan fingerprint density at radius 3 is 2.86 bits per heavy atom. The minimum Gasteiger partial charge on any atom is -0.508 e. The fourth-order valence-corrected chi connectivity index (χ4v) is 2.74. The Morgan fingerprint density at radius 1 is 1.36 bits per heavy atom. The summed E-state index contributed by atoms with van der Waals surface area (Å²) >= 11 is 0. The third kappa shape index (κ3) is 3.12. The number of phenolic OH excluding ortho intramolecular Hbond substituents is 1. The summed E-state index contributed by atoms with van der Waals surface area (Å²) in [6.07, 6.45) is 3.68. The Labute approximate surface area is 128 Å². The van der Waals surface area contributed by atoms with Crippen molar-refractivity contribution in [2.75, 3.05) is 19.7 Å². The van der Waals surface area contributed by atoms with Crippen LogP contribution in [0.5, 0.6) is 5.75 Å². The van der Waals surface area contributed by atoms with Gasteiger partial charge in [-0.05, 0) is 42.5 Å². The lowest BCUT2D eigenvalue weighted by Gasteiger charge is -2.32. The van der Waals surface area contributed by atoms with Crippen LogP contribution in [-0.2, 0) is 4.79 Å². The highest BCUT2D eigenvalue weighted by atomic mass is 16.3.